The van der Waals surface area contributed by atoms with Crippen LogP contribution in [0.25, 0.3) is 5.78 Å². The van der Waals surface area contributed by atoms with E-state index in [0.717, 1.165) is 11.1 Å². The van der Waals surface area contributed by atoms with Crippen LogP contribution < -0.4 is 15.6 Å². The van der Waals surface area contributed by atoms with Crippen molar-refractivity contribution < 1.29 is 9.53 Å². The number of rotatable bonds is 6. The monoisotopic (exact) mass is 431 g/mol. The van der Waals surface area contributed by atoms with E-state index < -0.39 is 0 Å². The molecule has 0 unspecified atom stereocenters. The van der Waals surface area contributed by atoms with Gasteiger partial charge in [0.05, 0.1) is 5.69 Å². The summed E-state index contributed by atoms with van der Waals surface area (Å²) in [6.07, 6.45) is 1.60. The Morgan fingerprint density at radius 3 is 2.56 bits per heavy atom. The summed E-state index contributed by atoms with van der Waals surface area (Å²) >= 11 is 0. The van der Waals surface area contributed by atoms with Crippen molar-refractivity contribution in [2.45, 2.75) is 40.3 Å². The normalized spacial score (nSPS) is 11.2. The molecule has 2 aromatic carbocycles. The Balaban J connectivity index is 1.50. The van der Waals surface area contributed by atoms with Crippen LogP contribution in [0.15, 0.2) is 59.7 Å². The summed E-state index contributed by atoms with van der Waals surface area (Å²) in [7, 11) is 0. The second-order valence-electron chi connectivity index (χ2n) is 8.00. The molecule has 0 radical (unpaired) electrons. The maximum absolute atomic E-state index is 12.6. The van der Waals surface area contributed by atoms with Crippen molar-refractivity contribution in [3.8, 4) is 5.75 Å². The molecule has 8 nitrogen and oxygen atoms in total. The molecule has 0 saturated carbocycles. The maximum atomic E-state index is 12.6. The number of nitrogens with one attached hydrogen (secondary N) is 1. The zero-order valence-electron chi connectivity index (χ0n) is 18.5. The maximum Gasteiger partial charge on any atom is 0.274 e. The van der Waals surface area contributed by atoms with Crippen molar-refractivity contribution in [1.29, 1.82) is 0 Å². The first-order valence-corrected chi connectivity index (χ1v) is 10.4. The average Bonchev–Trinajstić information content (AvgIpc) is 3.19. The van der Waals surface area contributed by atoms with Crippen molar-refractivity contribution in [3.05, 3.63) is 87.6 Å². The predicted molar refractivity (Wildman–Crippen MR) is 122 cm³/mol. The number of fused-ring (bicyclic) bond motifs is 1. The molecule has 32 heavy (non-hydrogen) atoms. The van der Waals surface area contributed by atoms with Crippen LogP contribution in [0, 0.1) is 13.8 Å². The third-order valence-corrected chi connectivity index (χ3v) is 5.12. The highest BCUT2D eigenvalue weighted by atomic mass is 16.5. The molecule has 0 fully saturated rings. The molecular weight excluding hydrogens is 406 g/mol. The molecule has 0 aliphatic heterocycles. The number of hydrogen-bond donors (Lipinski definition) is 1. The molecule has 164 valence electrons. The third kappa shape index (κ3) is 4.39. The highest BCUT2D eigenvalue weighted by molar-refractivity contribution is 6.04. The van der Waals surface area contributed by atoms with Gasteiger partial charge < -0.3 is 10.1 Å². The van der Waals surface area contributed by atoms with Gasteiger partial charge in [0.1, 0.15) is 18.7 Å². The first-order valence-electron chi connectivity index (χ1n) is 10.4. The van der Waals surface area contributed by atoms with Crippen molar-refractivity contribution in [2.24, 2.45) is 0 Å². The lowest BCUT2D eigenvalue weighted by Crippen LogP contribution is -2.23. The molecule has 2 aromatic heterocycles. The fourth-order valence-corrected chi connectivity index (χ4v) is 3.30. The third-order valence-electron chi connectivity index (χ3n) is 5.12. The van der Waals surface area contributed by atoms with Gasteiger partial charge in [-0.15, -0.1) is 0 Å². The molecule has 0 spiro atoms. The first kappa shape index (κ1) is 21.3. The van der Waals surface area contributed by atoms with Gasteiger partial charge in [0, 0.05) is 29.4 Å². The molecule has 2 heterocycles. The summed E-state index contributed by atoms with van der Waals surface area (Å²) in [5.41, 5.74) is 3.47. The Bertz CT molecular complexity index is 1340. The molecule has 4 aromatic rings. The van der Waals surface area contributed by atoms with Crippen molar-refractivity contribution >= 4 is 17.4 Å². The van der Waals surface area contributed by atoms with E-state index in [1.807, 2.05) is 52.0 Å². The van der Waals surface area contributed by atoms with Gasteiger partial charge in [-0.25, -0.2) is 4.98 Å². The summed E-state index contributed by atoms with van der Waals surface area (Å²) in [5.74, 6) is 0.739. The number of carbonyl (C=O) groups excluding carboxylic acids is 1. The first-order chi connectivity index (χ1) is 15.3. The van der Waals surface area contributed by atoms with E-state index in [2.05, 4.69) is 15.3 Å². The van der Waals surface area contributed by atoms with Gasteiger partial charge in [0.2, 0.25) is 0 Å². The second-order valence-corrected chi connectivity index (χ2v) is 8.00. The van der Waals surface area contributed by atoms with Crippen molar-refractivity contribution in [3.63, 3.8) is 0 Å². The van der Waals surface area contributed by atoms with Gasteiger partial charge in [0.25, 0.3) is 17.2 Å². The quantitative estimate of drug-likeness (QED) is 0.500. The largest absolute Gasteiger partial charge is 0.487 e. The summed E-state index contributed by atoms with van der Waals surface area (Å²) in [6, 6.07) is 14.4. The SMILES string of the molecule is Cc1ccc(C(=O)Nc2ccc(C)c(OCc3cc(=O)n4c(ncn4C(C)C)n3)c2)cc1. The number of anilines is 1. The molecule has 0 aliphatic rings. The van der Waals surface area contributed by atoms with E-state index in [9.17, 15) is 9.59 Å². The highest BCUT2D eigenvalue weighted by Crippen LogP contribution is 2.24. The Labute approximate surface area is 185 Å². The van der Waals surface area contributed by atoms with Crippen LogP contribution in [-0.4, -0.2) is 25.1 Å². The Morgan fingerprint density at radius 2 is 1.84 bits per heavy atom. The molecule has 0 bridgehead atoms. The number of nitrogens with zero attached hydrogens (tertiary/aromatic N) is 4. The van der Waals surface area contributed by atoms with Gasteiger partial charge in [-0.1, -0.05) is 23.8 Å². The van der Waals surface area contributed by atoms with Gasteiger partial charge in [-0.3, -0.25) is 14.3 Å². The zero-order valence-corrected chi connectivity index (χ0v) is 18.5. The van der Waals surface area contributed by atoms with E-state index in [0.29, 0.717) is 28.5 Å². The summed E-state index contributed by atoms with van der Waals surface area (Å²) in [6.45, 7) is 7.94. The van der Waals surface area contributed by atoms with Crippen molar-refractivity contribution in [1.82, 2.24) is 19.2 Å². The van der Waals surface area contributed by atoms with Crippen LogP contribution in [0.5, 0.6) is 5.75 Å². The molecule has 1 amide bonds. The van der Waals surface area contributed by atoms with Gasteiger partial charge in [-0.2, -0.15) is 9.50 Å². The Morgan fingerprint density at radius 1 is 1.09 bits per heavy atom. The Kier molecular flexibility index (Phi) is 5.77. The minimum absolute atomic E-state index is 0.0853. The lowest BCUT2D eigenvalue weighted by Gasteiger charge is -2.12. The van der Waals surface area contributed by atoms with E-state index >= 15 is 0 Å². The van der Waals surface area contributed by atoms with Gasteiger partial charge in [0.15, 0.2) is 0 Å². The summed E-state index contributed by atoms with van der Waals surface area (Å²) in [4.78, 5) is 33.7. The molecule has 1 N–H and O–H groups in total. The molecule has 0 saturated heterocycles. The number of aromatic nitrogens is 4. The lowest BCUT2D eigenvalue weighted by molar-refractivity contribution is 0.102. The minimum atomic E-state index is -0.212. The fraction of sp³-hybridized carbons (Fsp3) is 0.250. The van der Waals surface area contributed by atoms with E-state index in [-0.39, 0.29) is 24.1 Å². The number of benzene rings is 2. The topological polar surface area (TPSA) is 90.5 Å². The predicted octanol–water partition coefficient (Wildman–Crippen LogP) is 3.92. The minimum Gasteiger partial charge on any atom is -0.487 e. The average molecular weight is 431 g/mol. The summed E-state index contributed by atoms with van der Waals surface area (Å²) < 4.78 is 9.11. The molecular formula is C24H25N5O3. The molecule has 8 heteroatoms. The number of hydrogen-bond acceptors (Lipinski definition) is 5. The summed E-state index contributed by atoms with van der Waals surface area (Å²) in [5, 5.41) is 2.89. The molecule has 0 aliphatic carbocycles. The van der Waals surface area contributed by atoms with E-state index in [1.165, 1.54) is 10.6 Å². The number of carbonyl (C=O) groups is 1. The number of ether oxygens (including phenoxy) is 1. The van der Waals surface area contributed by atoms with Crippen LogP contribution in [0.1, 0.15) is 47.1 Å². The van der Waals surface area contributed by atoms with Gasteiger partial charge >= 0.3 is 0 Å². The van der Waals surface area contributed by atoms with E-state index in [4.69, 9.17) is 4.74 Å². The van der Waals surface area contributed by atoms with Crippen LogP contribution in [0.3, 0.4) is 0 Å². The standard InChI is InChI=1S/C24H25N5O3/c1-15(2)28-14-25-24-27-20(12-22(30)29(24)28)13-32-21-11-19(10-7-17(21)4)26-23(31)18-8-5-16(3)6-9-18/h5-12,14-15H,13H2,1-4H3,(H,26,31). The van der Waals surface area contributed by atoms with E-state index in [1.54, 1.807) is 29.2 Å². The van der Waals surface area contributed by atoms with Crippen LogP contribution in [0.4, 0.5) is 5.69 Å². The molecule has 4 rings (SSSR count). The number of amides is 1. The molecule has 0 atom stereocenters. The van der Waals surface area contributed by atoms with Crippen LogP contribution >= 0.6 is 0 Å². The van der Waals surface area contributed by atoms with Crippen LogP contribution in [0.2, 0.25) is 0 Å². The fourth-order valence-electron chi connectivity index (χ4n) is 3.30. The van der Waals surface area contributed by atoms with Crippen molar-refractivity contribution in [2.75, 3.05) is 5.32 Å². The van der Waals surface area contributed by atoms with Crippen LogP contribution in [-0.2, 0) is 6.61 Å². The highest BCUT2D eigenvalue weighted by Gasteiger charge is 2.12. The van der Waals surface area contributed by atoms with Gasteiger partial charge in [-0.05, 0) is 51.5 Å². The zero-order chi connectivity index (χ0) is 22.8. The lowest BCUT2D eigenvalue weighted by atomic mass is 10.1. The smallest absolute Gasteiger partial charge is 0.274 e. The Hall–Kier alpha value is -3.94. The second kappa shape index (κ2) is 8.66. The number of aryl methyl sites for hydroxylation is 2.